The fraction of sp³-hybridized carbons (Fsp3) is 0.294. The molecule has 0 aliphatic rings. The maximum absolute atomic E-state index is 12.6. The van der Waals surface area contributed by atoms with Gasteiger partial charge in [-0.25, -0.2) is 9.97 Å². The zero-order valence-corrected chi connectivity index (χ0v) is 14.7. The first-order valence-electron chi connectivity index (χ1n) is 7.51. The molecule has 0 aliphatic heterocycles. The highest BCUT2D eigenvalue weighted by Crippen LogP contribution is 2.17. The quantitative estimate of drug-likeness (QED) is 0.890. The average Bonchev–Trinajstić information content (AvgIpc) is 2.48. The molecule has 0 radical (unpaired) electrons. The Labute approximate surface area is 145 Å². The van der Waals surface area contributed by atoms with Crippen molar-refractivity contribution in [1.82, 2.24) is 15.3 Å². The summed E-state index contributed by atoms with van der Waals surface area (Å²) in [5.74, 6) is -0.946. The number of carbonyl (C=O) groups excluding carboxylic acids is 2. The Balaban J connectivity index is 2.38. The molecule has 1 aromatic heterocycles. The number of amides is 2. The van der Waals surface area contributed by atoms with Gasteiger partial charge < -0.3 is 10.6 Å². The summed E-state index contributed by atoms with van der Waals surface area (Å²) in [7, 11) is 0. The zero-order chi connectivity index (χ0) is 17.9. The van der Waals surface area contributed by atoms with Gasteiger partial charge in [-0.2, -0.15) is 0 Å². The van der Waals surface area contributed by atoms with E-state index in [0.717, 1.165) is 0 Å². The van der Waals surface area contributed by atoms with E-state index in [4.69, 9.17) is 11.6 Å². The van der Waals surface area contributed by atoms with Crippen molar-refractivity contribution < 1.29 is 9.59 Å². The summed E-state index contributed by atoms with van der Waals surface area (Å²) in [6.45, 7) is 7.14. The van der Waals surface area contributed by atoms with Gasteiger partial charge in [0.05, 0.1) is 11.4 Å². The fourth-order valence-electron chi connectivity index (χ4n) is 2.01. The summed E-state index contributed by atoms with van der Waals surface area (Å²) in [5.41, 5.74) is 1.70. The molecule has 7 heteroatoms. The van der Waals surface area contributed by atoms with Crippen LogP contribution >= 0.6 is 11.6 Å². The van der Waals surface area contributed by atoms with Crippen LogP contribution in [0.2, 0.25) is 5.02 Å². The van der Waals surface area contributed by atoms with Gasteiger partial charge in [0, 0.05) is 16.8 Å². The number of nitrogens with zero attached hydrogens (tertiary/aromatic N) is 2. The Morgan fingerprint density at radius 2 is 1.62 bits per heavy atom. The Bertz CT molecular complexity index is 790. The van der Waals surface area contributed by atoms with E-state index in [9.17, 15) is 9.59 Å². The smallest absolute Gasteiger partial charge is 0.276 e. The lowest BCUT2D eigenvalue weighted by atomic mass is 10.2. The van der Waals surface area contributed by atoms with Crippen LogP contribution < -0.4 is 10.6 Å². The normalized spacial score (nSPS) is 10.6. The maximum Gasteiger partial charge on any atom is 0.276 e. The number of nitrogens with one attached hydrogen (secondary N) is 2. The molecule has 1 heterocycles. The maximum atomic E-state index is 12.6. The summed E-state index contributed by atoms with van der Waals surface area (Å²) in [5, 5.41) is 5.92. The van der Waals surface area contributed by atoms with Crippen LogP contribution in [0, 0.1) is 13.8 Å². The molecule has 24 heavy (non-hydrogen) atoms. The number of carbonyl (C=O) groups is 2. The van der Waals surface area contributed by atoms with E-state index in [0.29, 0.717) is 22.1 Å². The van der Waals surface area contributed by atoms with Crippen LogP contribution in [-0.2, 0) is 0 Å². The third-order valence-electron chi connectivity index (χ3n) is 3.24. The lowest BCUT2D eigenvalue weighted by molar-refractivity contribution is 0.0923. The molecular weight excluding hydrogens is 328 g/mol. The number of halogens is 1. The molecule has 126 valence electrons. The number of aromatic nitrogens is 2. The van der Waals surface area contributed by atoms with Crippen molar-refractivity contribution in [2.24, 2.45) is 0 Å². The first-order valence-corrected chi connectivity index (χ1v) is 7.88. The first-order chi connectivity index (χ1) is 11.3. The van der Waals surface area contributed by atoms with Gasteiger partial charge in [-0.3, -0.25) is 9.59 Å². The molecule has 6 nitrogen and oxygen atoms in total. The molecule has 0 atom stereocenters. The van der Waals surface area contributed by atoms with Crippen LogP contribution in [0.1, 0.15) is 46.2 Å². The molecule has 0 aliphatic carbocycles. The van der Waals surface area contributed by atoms with Crippen molar-refractivity contribution in [3.63, 3.8) is 0 Å². The van der Waals surface area contributed by atoms with E-state index >= 15 is 0 Å². The molecular formula is C17H19ClN4O2. The number of aryl methyl sites for hydroxylation is 2. The number of hydrogen-bond donors (Lipinski definition) is 2. The Morgan fingerprint density at radius 1 is 1.04 bits per heavy atom. The SMILES string of the molecule is Cc1nc(C(=O)Nc2cccc(Cl)c2)c(C(=O)NC(C)C)nc1C. The van der Waals surface area contributed by atoms with Crippen LogP contribution in [0.4, 0.5) is 5.69 Å². The van der Waals surface area contributed by atoms with E-state index < -0.39 is 11.8 Å². The second-order valence-electron chi connectivity index (χ2n) is 5.68. The fourth-order valence-corrected chi connectivity index (χ4v) is 2.20. The Hall–Kier alpha value is -2.47. The van der Waals surface area contributed by atoms with Crippen LogP contribution in [0.5, 0.6) is 0 Å². The molecule has 0 bridgehead atoms. The van der Waals surface area contributed by atoms with E-state index in [1.807, 2.05) is 13.8 Å². The van der Waals surface area contributed by atoms with Gasteiger partial charge in [0.25, 0.3) is 11.8 Å². The number of anilines is 1. The van der Waals surface area contributed by atoms with Crippen molar-refractivity contribution in [3.8, 4) is 0 Å². The van der Waals surface area contributed by atoms with Crippen molar-refractivity contribution in [3.05, 3.63) is 52.1 Å². The molecule has 0 unspecified atom stereocenters. The van der Waals surface area contributed by atoms with Crippen molar-refractivity contribution >= 4 is 29.1 Å². The third-order valence-corrected chi connectivity index (χ3v) is 3.47. The molecule has 0 spiro atoms. The van der Waals surface area contributed by atoms with Gasteiger partial charge in [0.15, 0.2) is 11.4 Å². The largest absolute Gasteiger partial charge is 0.348 e. The van der Waals surface area contributed by atoms with E-state index in [2.05, 4.69) is 20.6 Å². The van der Waals surface area contributed by atoms with E-state index in [-0.39, 0.29) is 17.4 Å². The monoisotopic (exact) mass is 346 g/mol. The van der Waals surface area contributed by atoms with Gasteiger partial charge in [0.1, 0.15) is 0 Å². The summed E-state index contributed by atoms with van der Waals surface area (Å²) < 4.78 is 0. The third kappa shape index (κ3) is 4.29. The second-order valence-corrected chi connectivity index (χ2v) is 6.12. The Morgan fingerprint density at radius 3 is 2.17 bits per heavy atom. The molecule has 0 fully saturated rings. The molecule has 1 aromatic carbocycles. The molecule has 2 aromatic rings. The Kier molecular flexibility index (Phi) is 5.51. The van der Waals surface area contributed by atoms with E-state index in [1.54, 1.807) is 38.1 Å². The lowest BCUT2D eigenvalue weighted by Crippen LogP contribution is -2.33. The average molecular weight is 347 g/mol. The topological polar surface area (TPSA) is 84.0 Å². The first kappa shape index (κ1) is 17.9. The van der Waals surface area contributed by atoms with Crippen molar-refractivity contribution in [1.29, 1.82) is 0 Å². The summed E-state index contributed by atoms with van der Waals surface area (Å²) in [4.78, 5) is 33.4. The van der Waals surface area contributed by atoms with Gasteiger partial charge >= 0.3 is 0 Å². The van der Waals surface area contributed by atoms with Crippen LogP contribution in [-0.4, -0.2) is 27.8 Å². The summed E-state index contributed by atoms with van der Waals surface area (Å²) in [6.07, 6.45) is 0. The number of hydrogen-bond acceptors (Lipinski definition) is 4. The highest BCUT2D eigenvalue weighted by Gasteiger charge is 2.22. The molecule has 2 amide bonds. The number of rotatable bonds is 4. The predicted molar refractivity (Wildman–Crippen MR) is 93.5 cm³/mol. The summed E-state index contributed by atoms with van der Waals surface area (Å²) >= 11 is 5.92. The van der Waals surface area contributed by atoms with Gasteiger partial charge in [-0.1, -0.05) is 17.7 Å². The van der Waals surface area contributed by atoms with Crippen LogP contribution in [0.3, 0.4) is 0 Å². The molecule has 0 saturated carbocycles. The molecule has 0 saturated heterocycles. The zero-order valence-electron chi connectivity index (χ0n) is 14.0. The second kappa shape index (κ2) is 7.40. The standard InChI is InChI=1S/C17H19ClN4O2/c1-9(2)19-16(23)14-15(21-11(4)10(3)20-14)17(24)22-13-7-5-6-12(18)8-13/h5-9H,1-4H3,(H,19,23)(H,22,24). The number of benzene rings is 1. The van der Waals surface area contributed by atoms with Crippen molar-refractivity contribution in [2.45, 2.75) is 33.7 Å². The highest BCUT2D eigenvalue weighted by molar-refractivity contribution is 6.31. The minimum atomic E-state index is -0.512. The van der Waals surface area contributed by atoms with Crippen LogP contribution in [0.15, 0.2) is 24.3 Å². The van der Waals surface area contributed by atoms with E-state index in [1.165, 1.54) is 0 Å². The van der Waals surface area contributed by atoms with Crippen LogP contribution in [0.25, 0.3) is 0 Å². The lowest BCUT2D eigenvalue weighted by Gasteiger charge is -2.13. The molecule has 2 N–H and O–H groups in total. The van der Waals surface area contributed by atoms with Gasteiger partial charge in [-0.15, -0.1) is 0 Å². The summed E-state index contributed by atoms with van der Waals surface area (Å²) in [6, 6.07) is 6.66. The van der Waals surface area contributed by atoms with Gasteiger partial charge in [0.2, 0.25) is 0 Å². The highest BCUT2D eigenvalue weighted by atomic mass is 35.5. The van der Waals surface area contributed by atoms with Gasteiger partial charge in [-0.05, 0) is 45.9 Å². The molecule has 2 rings (SSSR count). The van der Waals surface area contributed by atoms with Crippen molar-refractivity contribution in [2.75, 3.05) is 5.32 Å². The minimum Gasteiger partial charge on any atom is -0.348 e. The minimum absolute atomic E-state index is 0.00586. The predicted octanol–water partition coefficient (Wildman–Crippen LogP) is 3.14.